The Kier molecular flexibility index (Phi) is 6.36. The molecule has 120 valence electrons. The van der Waals surface area contributed by atoms with Crippen molar-refractivity contribution in [1.29, 1.82) is 0 Å². The van der Waals surface area contributed by atoms with Crippen LogP contribution in [0.2, 0.25) is 0 Å². The molecule has 1 fully saturated rings. The molecule has 2 rings (SSSR count). The minimum absolute atomic E-state index is 0.0371. The van der Waals surface area contributed by atoms with Crippen molar-refractivity contribution in [2.24, 2.45) is 5.10 Å². The molecule has 0 bridgehead atoms. The summed E-state index contributed by atoms with van der Waals surface area (Å²) in [6.07, 6.45) is 2.13. The van der Waals surface area contributed by atoms with Crippen LogP contribution in [0.4, 0.5) is 0 Å². The molecule has 1 aliphatic rings. The molecule has 22 heavy (non-hydrogen) atoms. The van der Waals surface area contributed by atoms with Crippen molar-refractivity contribution in [3.8, 4) is 5.75 Å². The highest BCUT2D eigenvalue weighted by molar-refractivity contribution is 5.85. The monoisotopic (exact) mass is 306 g/mol. The maximum atomic E-state index is 11.8. The third-order valence-corrected chi connectivity index (χ3v) is 4.05. The van der Waals surface area contributed by atoms with E-state index < -0.39 is 0 Å². The number of carbonyl (C=O) groups excluding carboxylic acids is 1. The number of carbonyl (C=O) groups is 1. The molecule has 0 saturated carbocycles. The Balaban J connectivity index is 1.72. The van der Waals surface area contributed by atoms with E-state index in [9.17, 15) is 4.79 Å². The van der Waals surface area contributed by atoms with Crippen LogP contribution in [-0.4, -0.2) is 59.0 Å². The first-order chi connectivity index (χ1) is 10.7. The average molecular weight is 306 g/mol. The highest BCUT2D eigenvalue weighted by Gasteiger charge is 2.20. The normalized spacial score (nSPS) is 21.7. The molecule has 3 N–H and O–H groups in total. The Morgan fingerprint density at radius 1 is 1.32 bits per heavy atom. The number of likely N-dealkylation sites (N-methyl/N-ethyl adjacent to an activating group) is 1. The van der Waals surface area contributed by atoms with E-state index in [1.54, 1.807) is 18.2 Å². The Morgan fingerprint density at radius 2 is 2.05 bits per heavy atom. The van der Waals surface area contributed by atoms with Crippen molar-refractivity contribution in [3.63, 3.8) is 0 Å². The molecule has 6 heteroatoms. The maximum absolute atomic E-state index is 11.8. The van der Waals surface area contributed by atoms with Gasteiger partial charge in [-0.15, -0.1) is 0 Å². The first-order valence-electron chi connectivity index (χ1n) is 7.79. The number of methoxy groups -OCH3 is 1. The van der Waals surface area contributed by atoms with Crippen LogP contribution in [0.15, 0.2) is 29.4 Å². The predicted octanol–water partition coefficient (Wildman–Crippen LogP) is -2.05. The lowest BCUT2D eigenvalue weighted by Gasteiger charge is -2.26. The smallest absolute Gasteiger partial charge is 0.245 e. The summed E-state index contributed by atoms with van der Waals surface area (Å²) < 4.78 is 5.23. The first kappa shape index (κ1) is 16.5. The molecule has 0 atom stereocenters. The zero-order chi connectivity index (χ0) is 15.8. The van der Waals surface area contributed by atoms with Crippen molar-refractivity contribution in [1.82, 2.24) is 5.43 Å². The summed E-state index contributed by atoms with van der Waals surface area (Å²) in [7, 11) is 3.84. The van der Waals surface area contributed by atoms with E-state index >= 15 is 0 Å². The van der Waals surface area contributed by atoms with Crippen molar-refractivity contribution >= 4 is 12.1 Å². The fraction of sp³-hybridized carbons (Fsp3) is 0.500. The van der Waals surface area contributed by atoms with Gasteiger partial charge in [-0.3, -0.25) is 4.79 Å². The summed E-state index contributed by atoms with van der Waals surface area (Å²) in [5.74, 6) is 0.704. The fourth-order valence-electron chi connectivity index (χ4n) is 2.57. The van der Waals surface area contributed by atoms with Crippen LogP contribution in [0.5, 0.6) is 5.75 Å². The second-order valence-corrected chi connectivity index (χ2v) is 5.74. The number of ether oxygens (including phenoxy) is 1. The number of piperazine rings is 1. The van der Waals surface area contributed by atoms with Gasteiger partial charge < -0.3 is 14.5 Å². The lowest BCUT2D eigenvalue weighted by molar-refractivity contribution is -1.00. The van der Waals surface area contributed by atoms with E-state index in [2.05, 4.69) is 17.6 Å². The number of rotatable bonds is 6. The van der Waals surface area contributed by atoms with Gasteiger partial charge in [0.15, 0.2) is 0 Å². The Morgan fingerprint density at radius 3 is 2.77 bits per heavy atom. The fourth-order valence-corrected chi connectivity index (χ4v) is 2.57. The van der Waals surface area contributed by atoms with Crippen LogP contribution < -0.4 is 20.0 Å². The van der Waals surface area contributed by atoms with E-state index in [0.717, 1.165) is 30.9 Å². The van der Waals surface area contributed by atoms with Gasteiger partial charge in [-0.1, -0.05) is 12.1 Å². The van der Waals surface area contributed by atoms with Crippen LogP contribution in [0, 0.1) is 0 Å². The summed E-state index contributed by atoms with van der Waals surface area (Å²) in [5, 5.41) is 4.01. The van der Waals surface area contributed by atoms with Gasteiger partial charge >= 0.3 is 0 Å². The minimum atomic E-state index is -0.0371. The number of nitrogens with one attached hydrogen (secondary N) is 3. The SMILES string of the molecule is COc1ccccc1/C=N\NC(=O)CC[NH+]1CC[NH+](C)CC1. The zero-order valence-electron chi connectivity index (χ0n) is 13.4. The largest absolute Gasteiger partial charge is 0.496 e. The molecule has 1 aromatic rings. The van der Waals surface area contributed by atoms with Gasteiger partial charge in [0.05, 0.1) is 33.3 Å². The quantitative estimate of drug-likeness (QED) is 0.418. The van der Waals surface area contributed by atoms with Crippen molar-refractivity contribution in [2.75, 3.05) is 46.9 Å². The molecule has 0 radical (unpaired) electrons. The number of para-hydroxylation sites is 1. The molecule has 1 heterocycles. The molecular formula is C16H26N4O2+2. The van der Waals surface area contributed by atoms with Crippen LogP contribution in [0.1, 0.15) is 12.0 Å². The number of hydrogen-bond acceptors (Lipinski definition) is 3. The number of amides is 1. The van der Waals surface area contributed by atoms with E-state index in [1.807, 2.05) is 24.3 Å². The van der Waals surface area contributed by atoms with Crippen molar-refractivity contribution in [3.05, 3.63) is 29.8 Å². The van der Waals surface area contributed by atoms with Gasteiger partial charge in [-0.2, -0.15) is 5.10 Å². The Bertz CT molecular complexity index is 511. The van der Waals surface area contributed by atoms with Gasteiger partial charge in [-0.25, -0.2) is 5.43 Å². The van der Waals surface area contributed by atoms with Crippen molar-refractivity contribution < 1.29 is 19.3 Å². The summed E-state index contributed by atoms with van der Waals surface area (Å²) in [5.41, 5.74) is 3.43. The van der Waals surface area contributed by atoms with Gasteiger partial charge in [0, 0.05) is 5.56 Å². The van der Waals surface area contributed by atoms with Crippen molar-refractivity contribution in [2.45, 2.75) is 6.42 Å². The molecular weight excluding hydrogens is 280 g/mol. The third kappa shape index (κ3) is 5.13. The minimum Gasteiger partial charge on any atom is -0.496 e. The maximum Gasteiger partial charge on any atom is 0.245 e. The number of nitrogens with zero attached hydrogens (tertiary/aromatic N) is 1. The second-order valence-electron chi connectivity index (χ2n) is 5.74. The third-order valence-electron chi connectivity index (χ3n) is 4.05. The molecule has 0 aliphatic carbocycles. The lowest BCUT2D eigenvalue weighted by Crippen LogP contribution is -3.27. The number of hydrogen-bond donors (Lipinski definition) is 3. The van der Waals surface area contributed by atoms with Crippen LogP contribution in [-0.2, 0) is 4.79 Å². The molecule has 1 aromatic carbocycles. The lowest BCUT2D eigenvalue weighted by atomic mass is 10.2. The molecule has 1 aliphatic heterocycles. The molecule has 0 unspecified atom stereocenters. The van der Waals surface area contributed by atoms with Crippen LogP contribution >= 0.6 is 0 Å². The van der Waals surface area contributed by atoms with E-state index in [-0.39, 0.29) is 5.91 Å². The summed E-state index contributed by atoms with van der Waals surface area (Å²) in [6, 6.07) is 7.56. The number of benzene rings is 1. The summed E-state index contributed by atoms with van der Waals surface area (Å²) in [4.78, 5) is 14.9. The molecule has 1 saturated heterocycles. The zero-order valence-corrected chi connectivity index (χ0v) is 13.4. The van der Waals surface area contributed by atoms with E-state index in [4.69, 9.17) is 4.74 Å². The Labute approximate surface area is 131 Å². The molecule has 0 spiro atoms. The average Bonchev–Trinajstić information content (AvgIpc) is 2.55. The standard InChI is InChI=1S/C16H24N4O2/c1-19-9-11-20(12-10-19)8-7-16(21)18-17-13-14-5-3-4-6-15(14)22-2/h3-6,13H,7-12H2,1-2H3,(H,18,21)/p+2/b17-13-. The topological polar surface area (TPSA) is 59.6 Å². The number of quaternary nitrogens is 2. The predicted molar refractivity (Wildman–Crippen MR) is 85.5 cm³/mol. The first-order valence-corrected chi connectivity index (χ1v) is 7.79. The van der Waals surface area contributed by atoms with Crippen LogP contribution in [0.3, 0.4) is 0 Å². The second kappa shape index (κ2) is 8.51. The van der Waals surface area contributed by atoms with Gasteiger partial charge in [0.2, 0.25) is 5.91 Å². The molecule has 6 nitrogen and oxygen atoms in total. The highest BCUT2D eigenvalue weighted by atomic mass is 16.5. The van der Waals surface area contributed by atoms with E-state index in [1.165, 1.54) is 18.0 Å². The van der Waals surface area contributed by atoms with Gasteiger partial charge in [0.25, 0.3) is 0 Å². The molecule has 1 amide bonds. The van der Waals surface area contributed by atoms with E-state index in [0.29, 0.717) is 6.42 Å². The molecule has 0 aromatic heterocycles. The summed E-state index contributed by atoms with van der Waals surface area (Å²) >= 11 is 0. The number of hydrazone groups is 1. The Hall–Kier alpha value is -1.92. The summed E-state index contributed by atoms with van der Waals surface area (Å²) in [6.45, 7) is 5.53. The van der Waals surface area contributed by atoms with Gasteiger partial charge in [-0.05, 0) is 12.1 Å². The highest BCUT2D eigenvalue weighted by Crippen LogP contribution is 2.14. The van der Waals surface area contributed by atoms with Crippen LogP contribution in [0.25, 0.3) is 0 Å². The van der Waals surface area contributed by atoms with Gasteiger partial charge in [0.1, 0.15) is 31.9 Å².